The number of rotatable bonds is 3. The minimum Gasteiger partial charge on any atom is -0.410 e. The van der Waals surface area contributed by atoms with Crippen molar-refractivity contribution in [3.8, 4) is 0 Å². The second-order valence-corrected chi connectivity index (χ2v) is 7.71. The molecule has 0 atom stereocenters. The van der Waals surface area contributed by atoms with Gasteiger partial charge in [-0.25, -0.2) is 4.79 Å². The number of carbonyl (C=O) groups is 1. The number of aromatic nitrogens is 2. The fourth-order valence-corrected chi connectivity index (χ4v) is 3.20. The Labute approximate surface area is 155 Å². The van der Waals surface area contributed by atoms with Crippen LogP contribution in [0.15, 0.2) is 24.3 Å². The van der Waals surface area contributed by atoms with Gasteiger partial charge in [-0.15, -0.1) is 11.6 Å². The molecule has 0 radical (unpaired) electrons. The lowest BCUT2D eigenvalue weighted by molar-refractivity contribution is 0.123. The summed E-state index contributed by atoms with van der Waals surface area (Å²) in [6.45, 7) is 2.02. The van der Waals surface area contributed by atoms with Gasteiger partial charge >= 0.3 is 6.09 Å². The number of benzene rings is 1. The second kappa shape index (κ2) is 7.08. The first-order valence-electron chi connectivity index (χ1n) is 7.74. The highest BCUT2D eigenvalue weighted by atomic mass is 35.5. The largest absolute Gasteiger partial charge is 0.437 e. The number of para-hydroxylation sites is 1. The van der Waals surface area contributed by atoms with Gasteiger partial charge in [0, 0.05) is 11.3 Å². The summed E-state index contributed by atoms with van der Waals surface area (Å²) in [5.41, 5.74) is 1.59. The Bertz CT molecular complexity index is 739. The maximum atomic E-state index is 12.4. The monoisotopic (exact) mass is 389 g/mol. The number of carbonyl (C=O) groups excluding carboxylic acids is 1. The zero-order chi connectivity index (χ0) is 17.3. The van der Waals surface area contributed by atoms with E-state index in [-0.39, 0.29) is 5.88 Å². The predicted octanol–water partition coefficient (Wildman–Crippen LogP) is 4.20. The highest BCUT2D eigenvalue weighted by Crippen LogP contribution is 2.33. The highest BCUT2D eigenvalue weighted by Gasteiger charge is 2.31. The van der Waals surface area contributed by atoms with Crippen molar-refractivity contribution in [3.05, 3.63) is 30.0 Å². The Morgan fingerprint density at radius 1 is 1.33 bits per heavy atom. The number of alkyl halides is 3. The van der Waals surface area contributed by atoms with Crippen molar-refractivity contribution < 1.29 is 9.53 Å². The van der Waals surface area contributed by atoms with E-state index in [1.54, 1.807) is 0 Å². The van der Waals surface area contributed by atoms with Crippen LogP contribution in [0.3, 0.4) is 0 Å². The number of fused-ring (bicyclic) bond motifs is 1. The summed E-state index contributed by atoms with van der Waals surface area (Å²) in [7, 11) is 2.11. The zero-order valence-corrected chi connectivity index (χ0v) is 15.5. The normalized spacial score (nSPS) is 17.3. The second-order valence-electron chi connectivity index (χ2n) is 6.03. The molecule has 0 saturated carbocycles. The number of likely N-dealkylation sites (tertiary alicyclic amines) is 1. The lowest BCUT2D eigenvalue weighted by Crippen LogP contribution is -2.30. The molecule has 5 nitrogen and oxygen atoms in total. The molecule has 130 valence electrons. The third-order valence-electron chi connectivity index (χ3n) is 4.29. The molecule has 1 fully saturated rings. The lowest BCUT2D eigenvalue weighted by atomic mass is 9.92. The lowest BCUT2D eigenvalue weighted by Gasteiger charge is -2.28. The number of hydrogen-bond donors (Lipinski definition) is 0. The molecule has 1 aromatic carbocycles. The molecule has 0 bridgehead atoms. The van der Waals surface area contributed by atoms with Gasteiger partial charge in [-0.1, -0.05) is 41.4 Å². The summed E-state index contributed by atoms with van der Waals surface area (Å²) in [5.74, 6) is 0.0769. The van der Waals surface area contributed by atoms with Crippen molar-refractivity contribution >= 4 is 51.8 Å². The van der Waals surface area contributed by atoms with Crippen molar-refractivity contribution in [3.63, 3.8) is 0 Å². The Morgan fingerprint density at radius 3 is 2.67 bits per heavy atom. The smallest absolute Gasteiger partial charge is 0.410 e. The van der Waals surface area contributed by atoms with Crippen LogP contribution in [0.25, 0.3) is 10.9 Å². The van der Waals surface area contributed by atoms with Crippen LogP contribution in [0.4, 0.5) is 4.79 Å². The van der Waals surface area contributed by atoms with Gasteiger partial charge < -0.3 is 9.64 Å². The SMILES string of the molecule is CN1CCC(c2nn(C(=O)OC(Cl)(Cl)CCl)c3ccccc23)CC1. The fourth-order valence-electron chi connectivity index (χ4n) is 3.01. The van der Waals surface area contributed by atoms with Crippen LogP contribution >= 0.6 is 34.8 Å². The maximum Gasteiger partial charge on any atom is 0.437 e. The number of halogens is 3. The summed E-state index contributed by atoms with van der Waals surface area (Å²) in [6.07, 6.45) is 1.27. The highest BCUT2D eigenvalue weighted by molar-refractivity contribution is 6.50. The van der Waals surface area contributed by atoms with Crippen LogP contribution in [-0.4, -0.2) is 51.3 Å². The van der Waals surface area contributed by atoms with E-state index in [4.69, 9.17) is 39.5 Å². The molecule has 0 unspecified atom stereocenters. The first kappa shape index (κ1) is 17.8. The van der Waals surface area contributed by atoms with Gasteiger partial charge in [-0.2, -0.15) is 9.78 Å². The fraction of sp³-hybridized carbons (Fsp3) is 0.500. The van der Waals surface area contributed by atoms with E-state index in [0.29, 0.717) is 11.4 Å². The summed E-state index contributed by atoms with van der Waals surface area (Å²) in [4.78, 5) is 14.7. The Kier molecular flexibility index (Phi) is 5.25. The molecular weight excluding hydrogens is 373 g/mol. The first-order valence-corrected chi connectivity index (χ1v) is 9.03. The molecule has 8 heteroatoms. The molecule has 0 spiro atoms. The van der Waals surface area contributed by atoms with Crippen LogP contribution in [0, 0.1) is 0 Å². The average Bonchev–Trinajstić information content (AvgIpc) is 2.95. The summed E-state index contributed by atoms with van der Waals surface area (Å²) in [6, 6.07) is 7.58. The van der Waals surface area contributed by atoms with Gasteiger partial charge in [0.15, 0.2) is 0 Å². The van der Waals surface area contributed by atoms with Gasteiger partial charge in [-0.05, 0) is 39.0 Å². The summed E-state index contributed by atoms with van der Waals surface area (Å²) in [5, 5.41) is 5.47. The van der Waals surface area contributed by atoms with E-state index in [2.05, 4.69) is 17.0 Å². The molecule has 1 aliphatic heterocycles. The van der Waals surface area contributed by atoms with Crippen LogP contribution in [0.5, 0.6) is 0 Å². The van der Waals surface area contributed by atoms with Crippen molar-refractivity contribution in [2.75, 3.05) is 26.0 Å². The van der Waals surface area contributed by atoms with E-state index in [1.165, 1.54) is 4.68 Å². The average molecular weight is 391 g/mol. The molecule has 24 heavy (non-hydrogen) atoms. The van der Waals surface area contributed by atoms with Crippen LogP contribution in [0.1, 0.15) is 24.5 Å². The van der Waals surface area contributed by atoms with Gasteiger partial charge in [0.2, 0.25) is 0 Å². The number of piperidine rings is 1. The van der Waals surface area contributed by atoms with E-state index < -0.39 is 10.6 Å². The molecular formula is C16H18Cl3N3O2. The Balaban J connectivity index is 1.96. The first-order chi connectivity index (χ1) is 11.4. The Morgan fingerprint density at radius 2 is 2.00 bits per heavy atom. The quantitative estimate of drug-likeness (QED) is 0.737. The van der Waals surface area contributed by atoms with Crippen molar-refractivity contribution in [1.82, 2.24) is 14.7 Å². The van der Waals surface area contributed by atoms with Crippen molar-refractivity contribution in [2.24, 2.45) is 0 Å². The van der Waals surface area contributed by atoms with Gasteiger partial charge in [0.25, 0.3) is 4.52 Å². The minimum absolute atomic E-state index is 0.233. The summed E-state index contributed by atoms with van der Waals surface area (Å²) < 4.78 is 4.49. The van der Waals surface area contributed by atoms with Crippen LogP contribution in [-0.2, 0) is 4.74 Å². The molecule has 0 amide bonds. The maximum absolute atomic E-state index is 12.4. The third-order valence-corrected chi connectivity index (χ3v) is 5.36. The van der Waals surface area contributed by atoms with E-state index in [1.807, 2.05) is 24.3 Å². The zero-order valence-electron chi connectivity index (χ0n) is 13.2. The molecule has 1 aromatic heterocycles. The summed E-state index contributed by atoms with van der Waals surface area (Å²) >= 11 is 17.3. The number of ether oxygens (including phenoxy) is 1. The van der Waals surface area contributed by atoms with E-state index in [0.717, 1.165) is 37.0 Å². The third kappa shape index (κ3) is 3.64. The van der Waals surface area contributed by atoms with Crippen LogP contribution in [0.2, 0.25) is 0 Å². The minimum atomic E-state index is -1.78. The Hall–Kier alpha value is -1.01. The van der Waals surface area contributed by atoms with Crippen molar-refractivity contribution in [2.45, 2.75) is 23.3 Å². The number of nitrogens with zero attached hydrogens (tertiary/aromatic N) is 3. The molecule has 0 N–H and O–H groups in total. The molecule has 1 aliphatic rings. The van der Waals surface area contributed by atoms with Crippen LogP contribution < -0.4 is 0 Å². The van der Waals surface area contributed by atoms with Gasteiger partial charge in [-0.3, -0.25) is 0 Å². The molecule has 3 rings (SSSR count). The molecule has 1 saturated heterocycles. The molecule has 0 aliphatic carbocycles. The predicted molar refractivity (Wildman–Crippen MR) is 96.2 cm³/mol. The molecule has 2 heterocycles. The number of hydrogen-bond acceptors (Lipinski definition) is 4. The van der Waals surface area contributed by atoms with Crippen molar-refractivity contribution in [1.29, 1.82) is 0 Å². The van der Waals surface area contributed by atoms with Gasteiger partial charge in [0.1, 0.15) is 0 Å². The standard InChI is InChI=1S/C16H18Cl3N3O2/c1-21-8-6-11(7-9-21)14-12-4-2-3-5-13(12)22(20-14)15(23)24-16(18,19)10-17/h2-5,11H,6-10H2,1H3. The van der Waals surface area contributed by atoms with E-state index in [9.17, 15) is 4.79 Å². The topological polar surface area (TPSA) is 47.4 Å². The van der Waals surface area contributed by atoms with E-state index >= 15 is 0 Å². The van der Waals surface area contributed by atoms with Gasteiger partial charge in [0.05, 0.1) is 17.1 Å². The molecule has 2 aromatic rings.